The molecule has 2 aromatic rings. The summed E-state index contributed by atoms with van der Waals surface area (Å²) in [5, 5.41) is 1.01. The molecule has 126 valence electrons. The minimum Gasteiger partial charge on any atom is -0.325 e. The van der Waals surface area contributed by atoms with Crippen molar-refractivity contribution in [2.75, 3.05) is 5.32 Å². The Labute approximate surface area is 142 Å². The van der Waals surface area contributed by atoms with E-state index in [9.17, 15) is 13.2 Å². The van der Waals surface area contributed by atoms with Crippen LogP contribution < -0.4 is 5.32 Å². The Balaban J connectivity index is 1.84. The minimum atomic E-state index is -3.61. The number of anilines is 1. The van der Waals surface area contributed by atoms with Crippen LogP contribution in [0.2, 0.25) is 0 Å². The predicted molar refractivity (Wildman–Crippen MR) is 95.6 cm³/mol. The fourth-order valence-corrected chi connectivity index (χ4v) is 5.14. The zero-order valence-corrected chi connectivity index (χ0v) is 14.4. The first kappa shape index (κ1) is 16.7. The molecule has 0 saturated carbocycles. The molecule has 24 heavy (non-hydrogen) atoms. The van der Waals surface area contributed by atoms with Gasteiger partial charge in [0.15, 0.2) is 9.84 Å². The van der Waals surface area contributed by atoms with Crippen LogP contribution in [0.3, 0.4) is 0 Å². The van der Waals surface area contributed by atoms with E-state index < -0.39 is 26.2 Å². The maximum atomic E-state index is 13.0. The number of nitrogens with one attached hydrogen (secondary N) is 1. The number of aryl methyl sites for hydroxylation is 1. The lowest BCUT2D eigenvalue weighted by Crippen LogP contribution is -2.36. The second-order valence-electron chi connectivity index (χ2n) is 6.17. The lowest BCUT2D eigenvalue weighted by atomic mass is 9.91. The molecule has 1 aliphatic rings. The van der Waals surface area contributed by atoms with Crippen LogP contribution >= 0.6 is 0 Å². The molecule has 0 saturated heterocycles. The smallest absolute Gasteiger partial charge is 0.242 e. The van der Waals surface area contributed by atoms with Crippen LogP contribution in [0, 0.1) is 0 Å². The highest BCUT2D eigenvalue weighted by molar-refractivity contribution is 7.93. The van der Waals surface area contributed by atoms with Crippen molar-refractivity contribution in [3.8, 4) is 0 Å². The van der Waals surface area contributed by atoms with E-state index in [2.05, 4.69) is 5.32 Å². The standard InChI is InChI=1S/C19H21NO3S/c1-14(19(21)20-16-10-3-2-4-11-16)24(22,23)18-13-7-9-15-8-5-6-12-17(15)18/h2-6,8,10-12,14,18H,7,9,13H2,1H3,(H,20,21)/t14-,18-/m0/s1. The van der Waals surface area contributed by atoms with E-state index in [-0.39, 0.29) is 0 Å². The Morgan fingerprint density at radius 1 is 1.08 bits per heavy atom. The number of amides is 1. The number of rotatable bonds is 4. The van der Waals surface area contributed by atoms with Gasteiger partial charge in [0.2, 0.25) is 5.91 Å². The molecule has 5 heteroatoms. The predicted octanol–water partition coefficient (Wildman–Crippen LogP) is 3.51. The zero-order chi connectivity index (χ0) is 17.2. The van der Waals surface area contributed by atoms with Crippen molar-refractivity contribution >= 4 is 21.4 Å². The highest BCUT2D eigenvalue weighted by atomic mass is 32.2. The van der Waals surface area contributed by atoms with Crippen molar-refractivity contribution in [2.45, 2.75) is 36.7 Å². The average molecular weight is 343 g/mol. The van der Waals surface area contributed by atoms with Crippen LogP contribution in [0.25, 0.3) is 0 Å². The van der Waals surface area contributed by atoms with Gasteiger partial charge in [-0.25, -0.2) is 8.42 Å². The first-order valence-corrected chi connectivity index (χ1v) is 9.77. The lowest BCUT2D eigenvalue weighted by Gasteiger charge is -2.27. The SMILES string of the molecule is C[C@@H](C(=O)Nc1ccccc1)S(=O)(=O)[C@H]1CCCc2ccccc21. The van der Waals surface area contributed by atoms with E-state index >= 15 is 0 Å². The van der Waals surface area contributed by atoms with E-state index in [1.807, 2.05) is 30.3 Å². The zero-order valence-electron chi connectivity index (χ0n) is 13.6. The summed E-state index contributed by atoms with van der Waals surface area (Å²) < 4.78 is 26.0. The Kier molecular flexibility index (Phi) is 4.71. The number of sulfone groups is 1. The minimum absolute atomic E-state index is 0.482. The molecule has 2 atom stereocenters. The average Bonchev–Trinajstić information content (AvgIpc) is 2.61. The van der Waals surface area contributed by atoms with Gasteiger partial charge in [-0.05, 0) is 49.4 Å². The van der Waals surface area contributed by atoms with Crippen molar-refractivity contribution in [3.63, 3.8) is 0 Å². The first-order valence-electron chi connectivity index (χ1n) is 8.16. The van der Waals surface area contributed by atoms with Crippen LogP contribution in [0.5, 0.6) is 0 Å². The van der Waals surface area contributed by atoms with Gasteiger partial charge in [0.05, 0.1) is 5.25 Å². The van der Waals surface area contributed by atoms with Crippen molar-refractivity contribution < 1.29 is 13.2 Å². The number of hydrogen-bond donors (Lipinski definition) is 1. The largest absolute Gasteiger partial charge is 0.325 e. The number of carbonyl (C=O) groups is 1. The molecule has 4 nitrogen and oxygen atoms in total. The summed E-state index contributed by atoms with van der Waals surface area (Å²) in [4.78, 5) is 12.4. The third-order valence-corrected chi connectivity index (χ3v) is 7.10. The highest BCUT2D eigenvalue weighted by Crippen LogP contribution is 2.37. The molecule has 0 aliphatic heterocycles. The van der Waals surface area contributed by atoms with E-state index in [0.29, 0.717) is 12.1 Å². The molecule has 0 heterocycles. The normalized spacial score (nSPS) is 18.5. The molecule has 0 fully saturated rings. The topological polar surface area (TPSA) is 63.2 Å². The molecular weight excluding hydrogens is 322 g/mol. The van der Waals surface area contributed by atoms with Crippen LogP contribution in [0.15, 0.2) is 54.6 Å². The van der Waals surface area contributed by atoms with Crippen LogP contribution in [0.4, 0.5) is 5.69 Å². The number of fused-ring (bicyclic) bond motifs is 1. The summed E-state index contributed by atoms with van der Waals surface area (Å²) in [5.41, 5.74) is 2.53. The Hall–Kier alpha value is -2.14. The summed E-state index contributed by atoms with van der Waals surface area (Å²) in [6, 6.07) is 16.6. The summed E-state index contributed by atoms with van der Waals surface area (Å²) in [6.45, 7) is 1.48. The second-order valence-corrected chi connectivity index (χ2v) is 8.62. The third kappa shape index (κ3) is 3.22. The molecule has 0 aromatic heterocycles. The van der Waals surface area contributed by atoms with Gasteiger partial charge < -0.3 is 5.32 Å². The van der Waals surface area contributed by atoms with Crippen LogP contribution in [-0.2, 0) is 21.1 Å². The summed E-state index contributed by atoms with van der Waals surface area (Å²) in [7, 11) is -3.61. The summed E-state index contributed by atoms with van der Waals surface area (Å²) >= 11 is 0. The Morgan fingerprint density at radius 3 is 2.50 bits per heavy atom. The molecule has 3 rings (SSSR count). The van der Waals surface area contributed by atoms with E-state index in [1.165, 1.54) is 6.92 Å². The molecular formula is C19H21NO3S. The second kappa shape index (κ2) is 6.77. The molecule has 2 aromatic carbocycles. The fraction of sp³-hybridized carbons (Fsp3) is 0.316. The molecule has 0 radical (unpaired) electrons. The summed E-state index contributed by atoms with van der Waals surface area (Å²) in [5.74, 6) is -0.482. The van der Waals surface area contributed by atoms with E-state index in [1.54, 1.807) is 24.3 Å². The molecule has 1 N–H and O–H groups in total. The monoisotopic (exact) mass is 343 g/mol. The molecule has 0 spiro atoms. The van der Waals surface area contributed by atoms with Crippen molar-refractivity contribution in [1.82, 2.24) is 0 Å². The maximum Gasteiger partial charge on any atom is 0.242 e. The van der Waals surface area contributed by atoms with Gasteiger partial charge >= 0.3 is 0 Å². The third-order valence-electron chi connectivity index (χ3n) is 4.61. The first-order chi connectivity index (χ1) is 11.5. The summed E-state index contributed by atoms with van der Waals surface area (Å²) in [6.07, 6.45) is 2.29. The quantitative estimate of drug-likeness (QED) is 0.924. The Morgan fingerprint density at radius 2 is 1.75 bits per heavy atom. The highest BCUT2D eigenvalue weighted by Gasteiger charge is 2.38. The van der Waals surface area contributed by atoms with E-state index in [0.717, 1.165) is 24.0 Å². The van der Waals surface area contributed by atoms with Crippen molar-refractivity contribution in [2.24, 2.45) is 0 Å². The number of carbonyl (C=O) groups excluding carboxylic acids is 1. The van der Waals surface area contributed by atoms with Crippen molar-refractivity contribution in [3.05, 3.63) is 65.7 Å². The number of benzene rings is 2. The van der Waals surface area contributed by atoms with Gasteiger partial charge in [-0.1, -0.05) is 42.5 Å². The molecule has 0 bridgehead atoms. The maximum absolute atomic E-state index is 13.0. The number of para-hydroxylation sites is 1. The van der Waals surface area contributed by atoms with E-state index in [4.69, 9.17) is 0 Å². The molecule has 1 aliphatic carbocycles. The van der Waals surface area contributed by atoms with Gasteiger partial charge in [0.25, 0.3) is 0 Å². The molecule has 1 amide bonds. The van der Waals surface area contributed by atoms with Gasteiger partial charge in [-0.3, -0.25) is 4.79 Å². The van der Waals surface area contributed by atoms with Gasteiger partial charge in [0.1, 0.15) is 5.25 Å². The van der Waals surface area contributed by atoms with Gasteiger partial charge in [-0.2, -0.15) is 0 Å². The van der Waals surface area contributed by atoms with Gasteiger partial charge in [-0.15, -0.1) is 0 Å². The van der Waals surface area contributed by atoms with Gasteiger partial charge in [0, 0.05) is 5.69 Å². The fourth-order valence-electron chi connectivity index (χ4n) is 3.21. The lowest BCUT2D eigenvalue weighted by molar-refractivity contribution is -0.115. The number of hydrogen-bond acceptors (Lipinski definition) is 3. The molecule has 0 unspecified atom stereocenters. The van der Waals surface area contributed by atoms with Crippen molar-refractivity contribution in [1.29, 1.82) is 0 Å². The van der Waals surface area contributed by atoms with Crippen LogP contribution in [0.1, 0.15) is 36.1 Å². The van der Waals surface area contributed by atoms with Crippen LogP contribution in [-0.4, -0.2) is 19.6 Å². The Bertz CT molecular complexity index is 831.